The molecule has 1 aromatic carbocycles. The van der Waals surface area contributed by atoms with Gasteiger partial charge in [-0.1, -0.05) is 32.0 Å². The molecule has 0 bridgehead atoms. The van der Waals surface area contributed by atoms with Crippen molar-refractivity contribution in [2.45, 2.75) is 26.7 Å². The SMILES string of the molecule is CC(C)Cc1nc(Cc2nc3ccccc3[nH]2)n(-c2ccccn2)n1. The van der Waals surface area contributed by atoms with E-state index in [1.54, 1.807) is 6.20 Å². The third-order valence-electron chi connectivity index (χ3n) is 3.94. The van der Waals surface area contributed by atoms with Crippen molar-refractivity contribution in [2.75, 3.05) is 0 Å². The largest absolute Gasteiger partial charge is 0.342 e. The van der Waals surface area contributed by atoms with Gasteiger partial charge in [0.2, 0.25) is 0 Å². The summed E-state index contributed by atoms with van der Waals surface area (Å²) in [6.45, 7) is 4.33. The Labute approximate surface area is 146 Å². The van der Waals surface area contributed by atoms with Crippen LogP contribution in [0.2, 0.25) is 0 Å². The van der Waals surface area contributed by atoms with E-state index in [0.717, 1.165) is 40.7 Å². The van der Waals surface area contributed by atoms with Crippen LogP contribution in [0.3, 0.4) is 0 Å². The third-order valence-corrected chi connectivity index (χ3v) is 3.94. The lowest BCUT2D eigenvalue weighted by Gasteiger charge is -2.03. The Hall–Kier alpha value is -3.02. The summed E-state index contributed by atoms with van der Waals surface area (Å²) in [5.41, 5.74) is 1.99. The lowest BCUT2D eigenvalue weighted by molar-refractivity contribution is 0.618. The molecular formula is C19H20N6. The van der Waals surface area contributed by atoms with Gasteiger partial charge in [-0.05, 0) is 30.2 Å². The van der Waals surface area contributed by atoms with Gasteiger partial charge in [0.05, 0.1) is 17.5 Å². The van der Waals surface area contributed by atoms with Crippen LogP contribution in [0.1, 0.15) is 31.3 Å². The van der Waals surface area contributed by atoms with Crippen molar-refractivity contribution < 1.29 is 0 Å². The van der Waals surface area contributed by atoms with E-state index in [1.807, 2.05) is 47.1 Å². The van der Waals surface area contributed by atoms with Gasteiger partial charge in [-0.15, -0.1) is 5.10 Å². The number of imidazole rings is 1. The number of nitrogens with one attached hydrogen (secondary N) is 1. The molecule has 0 saturated heterocycles. The van der Waals surface area contributed by atoms with Crippen LogP contribution >= 0.6 is 0 Å². The molecule has 0 saturated carbocycles. The van der Waals surface area contributed by atoms with E-state index in [0.29, 0.717) is 12.3 Å². The monoisotopic (exact) mass is 332 g/mol. The van der Waals surface area contributed by atoms with Crippen molar-refractivity contribution in [3.8, 4) is 5.82 Å². The second-order valence-electron chi connectivity index (χ2n) is 6.52. The summed E-state index contributed by atoms with van der Waals surface area (Å²) in [7, 11) is 0. The van der Waals surface area contributed by atoms with Gasteiger partial charge in [0, 0.05) is 12.6 Å². The molecule has 126 valence electrons. The molecule has 4 aromatic rings. The van der Waals surface area contributed by atoms with E-state index in [-0.39, 0.29) is 0 Å². The number of para-hydroxylation sites is 2. The highest BCUT2D eigenvalue weighted by atomic mass is 15.4. The fourth-order valence-corrected chi connectivity index (χ4v) is 2.86. The smallest absolute Gasteiger partial charge is 0.155 e. The first-order valence-electron chi connectivity index (χ1n) is 8.49. The Morgan fingerprint density at radius 1 is 1.04 bits per heavy atom. The minimum atomic E-state index is 0.499. The van der Waals surface area contributed by atoms with E-state index in [1.165, 1.54) is 0 Å². The van der Waals surface area contributed by atoms with Gasteiger partial charge >= 0.3 is 0 Å². The zero-order valence-corrected chi connectivity index (χ0v) is 14.3. The van der Waals surface area contributed by atoms with Crippen molar-refractivity contribution in [1.29, 1.82) is 0 Å². The molecule has 0 spiro atoms. The van der Waals surface area contributed by atoms with Gasteiger partial charge in [-0.2, -0.15) is 4.68 Å². The molecule has 0 fully saturated rings. The van der Waals surface area contributed by atoms with Gasteiger partial charge < -0.3 is 4.98 Å². The quantitative estimate of drug-likeness (QED) is 0.608. The fourth-order valence-electron chi connectivity index (χ4n) is 2.86. The van der Waals surface area contributed by atoms with Crippen molar-refractivity contribution in [3.63, 3.8) is 0 Å². The van der Waals surface area contributed by atoms with Crippen molar-refractivity contribution >= 4 is 11.0 Å². The molecule has 0 aliphatic rings. The number of aromatic nitrogens is 6. The van der Waals surface area contributed by atoms with E-state index >= 15 is 0 Å². The Kier molecular flexibility index (Phi) is 4.01. The molecule has 6 nitrogen and oxygen atoms in total. The van der Waals surface area contributed by atoms with Crippen LogP contribution in [-0.4, -0.2) is 29.7 Å². The average molecular weight is 332 g/mol. The average Bonchev–Trinajstić information content (AvgIpc) is 3.18. The number of aromatic amines is 1. The van der Waals surface area contributed by atoms with Crippen molar-refractivity contribution in [2.24, 2.45) is 5.92 Å². The molecule has 25 heavy (non-hydrogen) atoms. The molecule has 0 radical (unpaired) electrons. The van der Waals surface area contributed by atoms with Gasteiger partial charge in [0.1, 0.15) is 11.6 Å². The Balaban J connectivity index is 1.72. The topological polar surface area (TPSA) is 72.3 Å². The number of benzene rings is 1. The number of rotatable bonds is 5. The number of H-pyrrole nitrogens is 1. The summed E-state index contributed by atoms with van der Waals surface area (Å²) in [4.78, 5) is 17.2. The van der Waals surface area contributed by atoms with Crippen molar-refractivity contribution in [3.05, 3.63) is 66.1 Å². The normalized spacial score (nSPS) is 11.5. The predicted octanol–water partition coefficient (Wildman–Crippen LogP) is 3.33. The molecule has 0 atom stereocenters. The highest BCUT2D eigenvalue weighted by Gasteiger charge is 2.15. The molecule has 0 amide bonds. The summed E-state index contributed by atoms with van der Waals surface area (Å²) in [5.74, 6) is 3.83. The van der Waals surface area contributed by atoms with Gasteiger partial charge in [0.25, 0.3) is 0 Å². The molecular weight excluding hydrogens is 312 g/mol. The van der Waals surface area contributed by atoms with Gasteiger partial charge in [-0.3, -0.25) is 0 Å². The minimum absolute atomic E-state index is 0.499. The maximum absolute atomic E-state index is 4.74. The summed E-state index contributed by atoms with van der Waals surface area (Å²) in [6, 6.07) is 13.8. The molecule has 6 heteroatoms. The minimum Gasteiger partial charge on any atom is -0.342 e. The molecule has 0 aliphatic carbocycles. The number of nitrogens with zero attached hydrogens (tertiary/aromatic N) is 5. The molecule has 4 rings (SSSR count). The number of fused-ring (bicyclic) bond motifs is 1. The van der Waals surface area contributed by atoms with Crippen LogP contribution < -0.4 is 0 Å². The van der Waals surface area contributed by atoms with E-state index in [2.05, 4.69) is 33.9 Å². The maximum atomic E-state index is 4.74. The van der Waals surface area contributed by atoms with Crippen LogP contribution in [0, 0.1) is 5.92 Å². The summed E-state index contributed by atoms with van der Waals surface area (Å²) >= 11 is 0. The summed E-state index contributed by atoms with van der Waals surface area (Å²) in [6.07, 6.45) is 3.19. The third kappa shape index (κ3) is 3.28. The lowest BCUT2D eigenvalue weighted by Crippen LogP contribution is -2.06. The Morgan fingerprint density at radius 2 is 1.88 bits per heavy atom. The molecule has 3 aromatic heterocycles. The van der Waals surface area contributed by atoms with Gasteiger partial charge in [-0.25, -0.2) is 15.0 Å². The number of pyridine rings is 1. The Morgan fingerprint density at radius 3 is 2.64 bits per heavy atom. The van der Waals surface area contributed by atoms with E-state index in [4.69, 9.17) is 4.98 Å². The van der Waals surface area contributed by atoms with E-state index in [9.17, 15) is 0 Å². The van der Waals surface area contributed by atoms with Crippen molar-refractivity contribution in [1.82, 2.24) is 29.7 Å². The zero-order chi connectivity index (χ0) is 17.2. The maximum Gasteiger partial charge on any atom is 0.155 e. The van der Waals surface area contributed by atoms with Crippen LogP contribution in [0.4, 0.5) is 0 Å². The van der Waals surface area contributed by atoms with Crippen LogP contribution in [0.5, 0.6) is 0 Å². The number of hydrogen-bond acceptors (Lipinski definition) is 4. The first kappa shape index (κ1) is 15.5. The standard InChI is InChI=1S/C19H20N6/c1-13(2)11-17-23-19(25(24-17)18-9-5-6-10-20-18)12-16-21-14-7-3-4-8-15(14)22-16/h3-10,13H,11-12H2,1-2H3,(H,21,22). The first-order chi connectivity index (χ1) is 12.2. The molecule has 3 heterocycles. The van der Waals surface area contributed by atoms with E-state index < -0.39 is 0 Å². The molecule has 0 unspecified atom stereocenters. The highest BCUT2D eigenvalue weighted by molar-refractivity contribution is 5.74. The van der Waals surface area contributed by atoms with Crippen LogP contribution in [0.15, 0.2) is 48.7 Å². The molecule has 1 N–H and O–H groups in total. The second kappa shape index (κ2) is 6.47. The van der Waals surface area contributed by atoms with Crippen LogP contribution in [-0.2, 0) is 12.8 Å². The fraction of sp³-hybridized carbons (Fsp3) is 0.263. The van der Waals surface area contributed by atoms with Crippen LogP contribution in [0.25, 0.3) is 16.9 Å². The lowest BCUT2D eigenvalue weighted by atomic mass is 10.1. The summed E-state index contributed by atoms with van der Waals surface area (Å²) < 4.78 is 1.82. The Bertz CT molecular complexity index is 951. The first-order valence-corrected chi connectivity index (χ1v) is 8.49. The zero-order valence-electron chi connectivity index (χ0n) is 14.3. The number of hydrogen-bond donors (Lipinski definition) is 1. The summed E-state index contributed by atoms with van der Waals surface area (Å²) in [5, 5.41) is 4.67. The second-order valence-corrected chi connectivity index (χ2v) is 6.52. The predicted molar refractivity (Wildman–Crippen MR) is 96.6 cm³/mol. The van der Waals surface area contributed by atoms with Gasteiger partial charge in [0.15, 0.2) is 11.6 Å². The molecule has 0 aliphatic heterocycles. The highest BCUT2D eigenvalue weighted by Crippen LogP contribution is 2.16.